The van der Waals surface area contributed by atoms with Crippen molar-refractivity contribution >= 4 is 0 Å². The maximum absolute atomic E-state index is 3.59. The molecule has 0 aromatic heterocycles. The Kier molecular flexibility index (Phi) is 4.25. The fraction of sp³-hybridized carbons (Fsp3) is 1.00. The van der Waals surface area contributed by atoms with Crippen LogP contribution in [0.3, 0.4) is 0 Å². The molecule has 0 radical (unpaired) electrons. The SMILES string of the molecule is CCCNCC1CCN(CC(C2CC2)C2CC2)C1. The van der Waals surface area contributed by atoms with Gasteiger partial charge in [-0.15, -0.1) is 0 Å². The second kappa shape index (κ2) is 5.92. The van der Waals surface area contributed by atoms with Gasteiger partial charge in [-0.05, 0) is 81.8 Å². The van der Waals surface area contributed by atoms with E-state index < -0.39 is 0 Å². The van der Waals surface area contributed by atoms with Crippen molar-refractivity contribution in [2.24, 2.45) is 23.7 Å². The van der Waals surface area contributed by atoms with Gasteiger partial charge in [0.1, 0.15) is 0 Å². The molecule has 0 bridgehead atoms. The third-order valence-corrected chi connectivity index (χ3v) is 5.15. The quantitative estimate of drug-likeness (QED) is 0.666. The number of hydrogen-bond donors (Lipinski definition) is 1. The van der Waals surface area contributed by atoms with Crippen LogP contribution >= 0.6 is 0 Å². The highest BCUT2D eigenvalue weighted by atomic mass is 15.2. The van der Waals surface area contributed by atoms with Gasteiger partial charge in [0.05, 0.1) is 0 Å². The van der Waals surface area contributed by atoms with E-state index in [1.807, 2.05) is 0 Å². The Morgan fingerprint density at radius 2 is 1.83 bits per heavy atom. The summed E-state index contributed by atoms with van der Waals surface area (Å²) in [6.07, 6.45) is 8.85. The molecule has 3 aliphatic rings. The van der Waals surface area contributed by atoms with Crippen molar-refractivity contribution in [2.45, 2.75) is 45.4 Å². The van der Waals surface area contributed by atoms with E-state index in [-0.39, 0.29) is 0 Å². The van der Waals surface area contributed by atoms with Crippen LogP contribution in [0.5, 0.6) is 0 Å². The van der Waals surface area contributed by atoms with Gasteiger partial charge in [0.2, 0.25) is 0 Å². The summed E-state index contributed by atoms with van der Waals surface area (Å²) >= 11 is 0. The summed E-state index contributed by atoms with van der Waals surface area (Å²) in [5.41, 5.74) is 0. The molecule has 2 saturated carbocycles. The molecule has 1 saturated heterocycles. The van der Waals surface area contributed by atoms with E-state index >= 15 is 0 Å². The first kappa shape index (κ1) is 12.9. The van der Waals surface area contributed by atoms with E-state index in [0.717, 1.165) is 23.7 Å². The molecule has 0 aromatic rings. The molecule has 1 unspecified atom stereocenters. The van der Waals surface area contributed by atoms with Crippen molar-refractivity contribution in [3.63, 3.8) is 0 Å². The zero-order chi connectivity index (χ0) is 12.4. The van der Waals surface area contributed by atoms with Crippen molar-refractivity contribution in [1.82, 2.24) is 10.2 Å². The fourth-order valence-corrected chi connectivity index (χ4v) is 3.76. The lowest BCUT2D eigenvalue weighted by Gasteiger charge is -2.23. The van der Waals surface area contributed by atoms with Crippen LogP contribution < -0.4 is 5.32 Å². The minimum Gasteiger partial charge on any atom is -0.316 e. The minimum absolute atomic E-state index is 0.926. The second-order valence-corrected chi connectivity index (χ2v) is 6.96. The number of hydrogen-bond acceptors (Lipinski definition) is 2. The van der Waals surface area contributed by atoms with E-state index in [0.29, 0.717) is 0 Å². The minimum atomic E-state index is 0.926. The van der Waals surface area contributed by atoms with Gasteiger partial charge in [0.25, 0.3) is 0 Å². The summed E-state index contributed by atoms with van der Waals surface area (Å²) in [5, 5.41) is 3.59. The predicted molar refractivity (Wildman–Crippen MR) is 76.6 cm³/mol. The average molecular weight is 250 g/mol. The van der Waals surface area contributed by atoms with Crippen molar-refractivity contribution in [2.75, 3.05) is 32.7 Å². The molecular formula is C16H30N2. The summed E-state index contributed by atoms with van der Waals surface area (Å²) in [7, 11) is 0. The molecule has 18 heavy (non-hydrogen) atoms. The van der Waals surface area contributed by atoms with Crippen LogP contribution in [0.1, 0.15) is 45.4 Å². The summed E-state index contributed by atoms with van der Waals surface area (Å²) in [5.74, 6) is 4.24. The zero-order valence-corrected chi connectivity index (χ0v) is 12.0. The lowest BCUT2D eigenvalue weighted by Crippen LogP contribution is -2.31. The van der Waals surface area contributed by atoms with Gasteiger partial charge < -0.3 is 10.2 Å². The molecular weight excluding hydrogens is 220 g/mol. The molecule has 2 aliphatic carbocycles. The summed E-state index contributed by atoms with van der Waals surface area (Å²) in [4.78, 5) is 2.78. The molecule has 2 heteroatoms. The van der Waals surface area contributed by atoms with Crippen molar-refractivity contribution in [1.29, 1.82) is 0 Å². The van der Waals surface area contributed by atoms with Gasteiger partial charge in [-0.2, -0.15) is 0 Å². The lowest BCUT2D eigenvalue weighted by atomic mass is 9.97. The topological polar surface area (TPSA) is 15.3 Å². The Morgan fingerprint density at radius 1 is 1.11 bits per heavy atom. The number of nitrogens with zero attached hydrogens (tertiary/aromatic N) is 1. The van der Waals surface area contributed by atoms with Crippen molar-refractivity contribution < 1.29 is 0 Å². The monoisotopic (exact) mass is 250 g/mol. The van der Waals surface area contributed by atoms with Crippen LogP contribution in [-0.4, -0.2) is 37.6 Å². The fourth-order valence-electron chi connectivity index (χ4n) is 3.76. The summed E-state index contributed by atoms with van der Waals surface area (Å²) in [6, 6.07) is 0. The standard InChI is InChI=1S/C16H30N2/c1-2-8-17-10-13-7-9-18(11-13)12-16(14-3-4-14)15-5-6-15/h13-17H,2-12H2,1H3. The highest BCUT2D eigenvalue weighted by Gasteiger charge is 2.42. The molecule has 104 valence electrons. The molecule has 1 heterocycles. The van der Waals surface area contributed by atoms with Crippen molar-refractivity contribution in [3.8, 4) is 0 Å². The third kappa shape index (κ3) is 3.48. The van der Waals surface area contributed by atoms with Gasteiger partial charge in [0.15, 0.2) is 0 Å². The van der Waals surface area contributed by atoms with Gasteiger partial charge in [-0.1, -0.05) is 6.92 Å². The van der Waals surface area contributed by atoms with E-state index in [4.69, 9.17) is 0 Å². The molecule has 0 spiro atoms. The highest BCUT2D eigenvalue weighted by Crippen LogP contribution is 2.49. The predicted octanol–water partition coefficient (Wildman–Crippen LogP) is 2.74. The van der Waals surface area contributed by atoms with Gasteiger partial charge in [-0.3, -0.25) is 0 Å². The molecule has 1 atom stereocenters. The summed E-state index contributed by atoms with van der Waals surface area (Å²) < 4.78 is 0. The Morgan fingerprint density at radius 3 is 2.44 bits per heavy atom. The van der Waals surface area contributed by atoms with Crippen LogP contribution in [-0.2, 0) is 0 Å². The van der Waals surface area contributed by atoms with Crippen LogP contribution in [0.25, 0.3) is 0 Å². The maximum Gasteiger partial charge on any atom is 0.00224 e. The smallest absolute Gasteiger partial charge is 0.00224 e. The van der Waals surface area contributed by atoms with Crippen LogP contribution in [0.15, 0.2) is 0 Å². The highest BCUT2D eigenvalue weighted by molar-refractivity contribution is 4.94. The first-order valence-electron chi connectivity index (χ1n) is 8.30. The van der Waals surface area contributed by atoms with Crippen LogP contribution in [0.2, 0.25) is 0 Å². The Hall–Kier alpha value is -0.0800. The van der Waals surface area contributed by atoms with Gasteiger partial charge >= 0.3 is 0 Å². The van der Waals surface area contributed by atoms with Crippen molar-refractivity contribution in [3.05, 3.63) is 0 Å². The number of rotatable bonds is 8. The summed E-state index contributed by atoms with van der Waals surface area (Å²) in [6.45, 7) is 8.87. The second-order valence-electron chi connectivity index (χ2n) is 6.96. The molecule has 0 aromatic carbocycles. The Labute approximate surface area is 113 Å². The lowest BCUT2D eigenvalue weighted by molar-refractivity contribution is 0.232. The molecule has 3 rings (SSSR count). The van der Waals surface area contributed by atoms with Gasteiger partial charge in [-0.25, -0.2) is 0 Å². The Bertz CT molecular complexity index is 246. The average Bonchev–Trinajstić information content (AvgIpc) is 3.27. The van der Waals surface area contributed by atoms with E-state index in [1.54, 1.807) is 0 Å². The largest absolute Gasteiger partial charge is 0.316 e. The molecule has 3 fully saturated rings. The molecule has 2 nitrogen and oxygen atoms in total. The maximum atomic E-state index is 3.59. The van der Waals surface area contributed by atoms with E-state index in [9.17, 15) is 0 Å². The number of likely N-dealkylation sites (tertiary alicyclic amines) is 1. The third-order valence-electron chi connectivity index (χ3n) is 5.15. The van der Waals surface area contributed by atoms with E-state index in [2.05, 4.69) is 17.1 Å². The van der Waals surface area contributed by atoms with Crippen LogP contribution in [0, 0.1) is 23.7 Å². The zero-order valence-electron chi connectivity index (χ0n) is 12.0. The normalized spacial score (nSPS) is 29.3. The Balaban J connectivity index is 1.38. The van der Waals surface area contributed by atoms with Gasteiger partial charge in [0, 0.05) is 13.1 Å². The number of nitrogens with one attached hydrogen (secondary N) is 1. The molecule has 0 amide bonds. The first-order valence-corrected chi connectivity index (χ1v) is 8.30. The first-order chi connectivity index (χ1) is 8.86. The molecule has 1 N–H and O–H groups in total. The van der Waals surface area contributed by atoms with Crippen LogP contribution in [0.4, 0.5) is 0 Å². The van der Waals surface area contributed by atoms with E-state index in [1.165, 1.54) is 71.2 Å². The molecule has 1 aliphatic heterocycles.